The zero-order valence-electron chi connectivity index (χ0n) is 11.3. The van der Waals surface area contributed by atoms with Crippen molar-refractivity contribution in [3.63, 3.8) is 0 Å². The van der Waals surface area contributed by atoms with Crippen LogP contribution < -0.4 is 5.32 Å². The fourth-order valence-electron chi connectivity index (χ4n) is 2.50. The van der Waals surface area contributed by atoms with Crippen molar-refractivity contribution >= 4 is 5.91 Å². The molecule has 1 amide bonds. The highest BCUT2D eigenvalue weighted by molar-refractivity contribution is 5.81. The molecule has 2 rings (SSSR count). The maximum absolute atomic E-state index is 12.3. The average molecular weight is 302 g/mol. The lowest BCUT2D eigenvalue weighted by Crippen LogP contribution is -2.54. The highest BCUT2D eigenvalue weighted by Gasteiger charge is 2.40. The molecule has 0 bridgehead atoms. The first-order valence-corrected chi connectivity index (χ1v) is 6.66. The Kier molecular flexibility index (Phi) is 4.84. The second-order valence-corrected chi connectivity index (χ2v) is 5.24. The monoisotopic (exact) mass is 302 g/mol. The summed E-state index contributed by atoms with van der Waals surface area (Å²) in [4.78, 5) is 12.8. The third-order valence-electron chi connectivity index (χ3n) is 3.35. The molecule has 0 aromatic heterocycles. The number of nitrogens with zero attached hydrogens (tertiary/aromatic N) is 1. The van der Waals surface area contributed by atoms with Crippen LogP contribution in [-0.2, 0) is 11.3 Å². The van der Waals surface area contributed by atoms with Gasteiger partial charge in [0.2, 0.25) is 0 Å². The molecule has 116 valence electrons. The second kappa shape index (κ2) is 6.44. The predicted octanol–water partition coefficient (Wildman–Crippen LogP) is 1.30. The van der Waals surface area contributed by atoms with Crippen LogP contribution in [0.3, 0.4) is 0 Å². The number of aliphatic hydroxyl groups is 1. The van der Waals surface area contributed by atoms with Crippen molar-refractivity contribution < 1.29 is 23.1 Å². The number of β-amino-alcohol motifs (C(OH)–C–C–N with tert-alkyl or cyclic N) is 1. The summed E-state index contributed by atoms with van der Waals surface area (Å²) < 4.78 is 36.8. The summed E-state index contributed by atoms with van der Waals surface area (Å²) in [5.41, 5.74) is 1.01. The number of amides is 1. The topological polar surface area (TPSA) is 52.6 Å². The van der Waals surface area contributed by atoms with Gasteiger partial charge in [-0.25, -0.2) is 0 Å². The van der Waals surface area contributed by atoms with Gasteiger partial charge in [0.15, 0.2) is 0 Å². The Morgan fingerprint density at radius 3 is 2.57 bits per heavy atom. The summed E-state index contributed by atoms with van der Waals surface area (Å²) in [5.74, 6) is -1.96. The number of nitrogens with one attached hydrogen (secondary N) is 1. The van der Waals surface area contributed by atoms with E-state index in [9.17, 15) is 23.1 Å². The Hall–Kier alpha value is -1.60. The quantitative estimate of drug-likeness (QED) is 0.885. The molecule has 4 nitrogen and oxygen atoms in total. The van der Waals surface area contributed by atoms with E-state index in [1.807, 2.05) is 40.5 Å². The van der Waals surface area contributed by atoms with Crippen LogP contribution in [0, 0.1) is 0 Å². The van der Waals surface area contributed by atoms with Crippen LogP contribution in [0.25, 0.3) is 0 Å². The molecule has 7 heteroatoms. The number of alkyl halides is 3. The highest BCUT2D eigenvalue weighted by Crippen LogP contribution is 2.18. The van der Waals surface area contributed by atoms with E-state index in [0.717, 1.165) is 5.56 Å². The largest absolute Gasteiger partial charge is 0.471 e. The molecule has 1 aliphatic heterocycles. The number of rotatable bonds is 3. The van der Waals surface area contributed by atoms with Crippen molar-refractivity contribution in [3.8, 4) is 0 Å². The lowest BCUT2D eigenvalue weighted by molar-refractivity contribution is -0.175. The van der Waals surface area contributed by atoms with Crippen LogP contribution in [0.4, 0.5) is 13.2 Å². The minimum Gasteiger partial charge on any atom is -0.392 e. The lowest BCUT2D eigenvalue weighted by atomic mass is 10.0. The SMILES string of the molecule is O=C(N[C@@H]1C[C@H](O)CN(Cc2ccccc2)C1)C(F)(F)F. The molecular formula is C14H17F3N2O2. The molecule has 1 heterocycles. The Balaban J connectivity index is 1.94. The minimum absolute atomic E-state index is 0.132. The van der Waals surface area contributed by atoms with Crippen molar-refractivity contribution in [3.05, 3.63) is 35.9 Å². The fourth-order valence-corrected chi connectivity index (χ4v) is 2.50. The van der Waals surface area contributed by atoms with Gasteiger partial charge in [-0.2, -0.15) is 13.2 Å². The maximum Gasteiger partial charge on any atom is 0.471 e. The zero-order valence-corrected chi connectivity index (χ0v) is 11.3. The number of hydrogen-bond donors (Lipinski definition) is 2. The van der Waals surface area contributed by atoms with E-state index in [4.69, 9.17) is 0 Å². The van der Waals surface area contributed by atoms with Gasteiger partial charge in [-0.05, 0) is 12.0 Å². The van der Waals surface area contributed by atoms with E-state index in [0.29, 0.717) is 13.1 Å². The van der Waals surface area contributed by atoms with E-state index in [1.165, 1.54) is 0 Å². The molecular weight excluding hydrogens is 285 g/mol. The summed E-state index contributed by atoms with van der Waals surface area (Å²) in [7, 11) is 0. The van der Waals surface area contributed by atoms with E-state index >= 15 is 0 Å². The summed E-state index contributed by atoms with van der Waals surface area (Å²) in [6.07, 6.45) is -5.51. The minimum atomic E-state index is -4.90. The lowest BCUT2D eigenvalue weighted by Gasteiger charge is -2.36. The molecule has 1 fully saturated rings. The van der Waals surface area contributed by atoms with Gasteiger partial charge in [0, 0.05) is 25.7 Å². The molecule has 21 heavy (non-hydrogen) atoms. The van der Waals surface area contributed by atoms with Gasteiger partial charge in [-0.15, -0.1) is 0 Å². The van der Waals surface area contributed by atoms with E-state index in [1.54, 1.807) is 0 Å². The molecule has 0 saturated carbocycles. The molecule has 0 aliphatic carbocycles. The number of aliphatic hydroxyl groups excluding tert-OH is 1. The normalized spacial score (nSPS) is 23.8. The molecule has 0 unspecified atom stereocenters. The first kappa shape index (κ1) is 15.8. The molecule has 2 N–H and O–H groups in total. The number of benzene rings is 1. The van der Waals surface area contributed by atoms with Crippen molar-refractivity contribution in [2.75, 3.05) is 13.1 Å². The van der Waals surface area contributed by atoms with Gasteiger partial charge >= 0.3 is 12.1 Å². The number of likely N-dealkylation sites (tertiary alicyclic amines) is 1. The van der Waals surface area contributed by atoms with Crippen LogP contribution in [0.15, 0.2) is 30.3 Å². The second-order valence-electron chi connectivity index (χ2n) is 5.24. The van der Waals surface area contributed by atoms with Gasteiger partial charge in [-0.3, -0.25) is 9.69 Å². The molecule has 1 aliphatic rings. The van der Waals surface area contributed by atoms with Gasteiger partial charge in [0.05, 0.1) is 6.10 Å². The molecule has 1 aromatic rings. The number of hydrogen-bond acceptors (Lipinski definition) is 3. The van der Waals surface area contributed by atoms with E-state index < -0.39 is 24.2 Å². The summed E-state index contributed by atoms with van der Waals surface area (Å²) in [6.45, 7) is 1.19. The summed E-state index contributed by atoms with van der Waals surface area (Å²) in [6, 6.07) is 8.73. The van der Waals surface area contributed by atoms with Gasteiger partial charge in [0.25, 0.3) is 0 Å². The highest BCUT2D eigenvalue weighted by atomic mass is 19.4. The Bertz CT molecular complexity index is 479. The summed E-state index contributed by atoms with van der Waals surface area (Å²) >= 11 is 0. The molecule has 2 atom stereocenters. The zero-order chi connectivity index (χ0) is 15.5. The first-order valence-electron chi connectivity index (χ1n) is 6.66. The summed E-state index contributed by atoms with van der Waals surface area (Å²) in [5, 5.41) is 11.7. The van der Waals surface area contributed by atoms with E-state index in [-0.39, 0.29) is 13.0 Å². The van der Waals surface area contributed by atoms with Crippen LogP contribution in [-0.4, -0.2) is 47.3 Å². The van der Waals surface area contributed by atoms with Crippen LogP contribution in [0.1, 0.15) is 12.0 Å². The fraction of sp³-hybridized carbons (Fsp3) is 0.500. The molecule has 0 radical (unpaired) electrons. The smallest absolute Gasteiger partial charge is 0.392 e. The Morgan fingerprint density at radius 1 is 1.29 bits per heavy atom. The number of piperidine rings is 1. The van der Waals surface area contributed by atoms with Crippen LogP contribution >= 0.6 is 0 Å². The third kappa shape index (κ3) is 4.71. The van der Waals surface area contributed by atoms with Crippen LogP contribution in [0.2, 0.25) is 0 Å². The molecule has 1 aromatic carbocycles. The van der Waals surface area contributed by atoms with Crippen molar-refractivity contribution in [1.29, 1.82) is 0 Å². The van der Waals surface area contributed by atoms with Crippen LogP contribution in [0.5, 0.6) is 0 Å². The third-order valence-corrected chi connectivity index (χ3v) is 3.35. The average Bonchev–Trinajstić information content (AvgIpc) is 2.38. The number of carbonyl (C=O) groups is 1. The maximum atomic E-state index is 12.3. The molecule has 1 saturated heterocycles. The molecule has 0 spiro atoms. The van der Waals surface area contributed by atoms with E-state index in [2.05, 4.69) is 0 Å². The van der Waals surface area contributed by atoms with Gasteiger partial charge < -0.3 is 10.4 Å². The standard InChI is InChI=1S/C14H17F3N2O2/c15-14(16,17)13(21)18-11-6-12(20)9-19(8-11)7-10-4-2-1-3-5-10/h1-5,11-12,20H,6-9H2,(H,18,21)/t11-,12+/m1/s1. The Morgan fingerprint density at radius 2 is 1.95 bits per heavy atom. The number of carbonyl (C=O) groups excluding carboxylic acids is 1. The Labute approximate surface area is 120 Å². The van der Waals surface area contributed by atoms with Gasteiger partial charge in [-0.1, -0.05) is 30.3 Å². The number of halogens is 3. The van der Waals surface area contributed by atoms with Crippen molar-refractivity contribution in [2.45, 2.75) is 31.3 Å². The van der Waals surface area contributed by atoms with Gasteiger partial charge in [0.1, 0.15) is 0 Å². The van der Waals surface area contributed by atoms with Crippen molar-refractivity contribution in [2.24, 2.45) is 0 Å². The predicted molar refractivity (Wildman–Crippen MR) is 70.3 cm³/mol. The van der Waals surface area contributed by atoms with Crippen molar-refractivity contribution in [1.82, 2.24) is 10.2 Å². The first-order chi connectivity index (χ1) is 9.84.